The number of likely N-dealkylation sites (tertiary alicyclic amines) is 2. The monoisotopic (exact) mass is 208 g/mol. The molecule has 0 amide bonds. The molecule has 2 bridgehead atoms. The quantitative estimate of drug-likeness (QED) is 0.675. The van der Waals surface area contributed by atoms with Gasteiger partial charge >= 0.3 is 6.18 Å². The molecule has 0 spiro atoms. The van der Waals surface area contributed by atoms with E-state index in [0.29, 0.717) is 12.6 Å². The van der Waals surface area contributed by atoms with Crippen molar-refractivity contribution < 1.29 is 13.2 Å². The second-order valence-corrected chi connectivity index (χ2v) is 4.18. The summed E-state index contributed by atoms with van der Waals surface area (Å²) in [5, 5.41) is 0. The number of rotatable bonds is 2. The van der Waals surface area contributed by atoms with E-state index >= 15 is 0 Å². The molecule has 2 aliphatic rings. The highest BCUT2D eigenvalue weighted by atomic mass is 19.4. The molecule has 14 heavy (non-hydrogen) atoms. The number of hydrogen-bond acceptors (Lipinski definition) is 2. The van der Waals surface area contributed by atoms with Crippen molar-refractivity contribution in [2.24, 2.45) is 0 Å². The van der Waals surface area contributed by atoms with Gasteiger partial charge in [0.2, 0.25) is 0 Å². The van der Waals surface area contributed by atoms with E-state index in [1.165, 1.54) is 0 Å². The van der Waals surface area contributed by atoms with Gasteiger partial charge in [0, 0.05) is 25.2 Å². The summed E-state index contributed by atoms with van der Waals surface area (Å²) in [5.41, 5.74) is 0. The maximum atomic E-state index is 12.2. The van der Waals surface area contributed by atoms with Crippen LogP contribution in [0.15, 0.2) is 0 Å². The Kier molecular flexibility index (Phi) is 2.47. The standard InChI is InChI=1S/C9H15F3N2/c1-2-13-4-8-3-7(13)5-14(8)6-9(10,11)12/h7-8H,2-6H2,1H3. The van der Waals surface area contributed by atoms with E-state index < -0.39 is 12.7 Å². The summed E-state index contributed by atoms with van der Waals surface area (Å²) < 4.78 is 36.5. The molecule has 5 heteroatoms. The molecule has 2 aliphatic heterocycles. The first-order chi connectivity index (χ1) is 6.49. The predicted octanol–water partition coefficient (Wildman–Crippen LogP) is 1.33. The fraction of sp³-hybridized carbons (Fsp3) is 1.00. The number of nitrogens with zero attached hydrogens (tertiary/aromatic N) is 2. The Labute approximate surface area is 81.7 Å². The van der Waals surface area contributed by atoms with Crippen molar-refractivity contribution in [3.63, 3.8) is 0 Å². The van der Waals surface area contributed by atoms with Gasteiger partial charge in [0.15, 0.2) is 0 Å². The predicted molar refractivity (Wildman–Crippen MR) is 47.1 cm³/mol. The van der Waals surface area contributed by atoms with E-state index in [4.69, 9.17) is 0 Å². The number of alkyl halides is 3. The number of fused-ring (bicyclic) bond motifs is 2. The fourth-order valence-electron chi connectivity index (χ4n) is 2.64. The van der Waals surface area contributed by atoms with Crippen LogP contribution in [0.3, 0.4) is 0 Å². The summed E-state index contributed by atoms with van der Waals surface area (Å²) in [4.78, 5) is 3.86. The van der Waals surface area contributed by atoms with Gasteiger partial charge in [-0.1, -0.05) is 6.92 Å². The molecule has 0 aromatic carbocycles. The Hall–Kier alpha value is -0.290. The molecule has 0 N–H and O–H groups in total. The maximum absolute atomic E-state index is 12.2. The summed E-state index contributed by atoms with van der Waals surface area (Å²) in [6, 6.07) is 0.508. The highest BCUT2D eigenvalue weighted by Gasteiger charge is 2.45. The topological polar surface area (TPSA) is 6.48 Å². The zero-order chi connectivity index (χ0) is 10.3. The Balaban J connectivity index is 1.90. The van der Waals surface area contributed by atoms with Crippen LogP contribution in [0.1, 0.15) is 13.3 Å². The lowest BCUT2D eigenvalue weighted by Crippen LogP contribution is -2.48. The number of hydrogen-bond donors (Lipinski definition) is 0. The Bertz CT molecular complexity index is 217. The third-order valence-electron chi connectivity index (χ3n) is 3.26. The van der Waals surface area contributed by atoms with E-state index in [-0.39, 0.29) is 6.04 Å². The van der Waals surface area contributed by atoms with Gasteiger partial charge < -0.3 is 0 Å². The Morgan fingerprint density at radius 1 is 1.14 bits per heavy atom. The number of likely N-dealkylation sites (N-methyl/N-ethyl adjacent to an activating group) is 1. The van der Waals surface area contributed by atoms with Gasteiger partial charge in [-0.15, -0.1) is 0 Å². The molecule has 2 rings (SSSR count). The number of halogens is 3. The van der Waals surface area contributed by atoms with Crippen LogP contribution in [-0.2, 0) is 0 Å². The molecule has 0 aromatic heterocycles. The molecule has 2 fully saturated rings. The van der Waals surface area contributed by atoms with Gasteiger partial charge in [-0.05, 0) is 13.0 Å². The van der Waals surface area contributed by atoms with Gasteiger partial charge in [-0.2, -0.15) is 13.2 Å². The third kappa shape index (κ3) is 1.88. The smallest absolute Gasteiger partial charge is 0.298 e. The van der Waals surface area contributed by atoms with Crippen molar-refractivity contribution in [3.8, 4) is 0 Å². The van der Waals surface area contributed by atoms with Crippen LogP contribution >= 0.6 is 0 Å². The molecule has 2 saturated heterocycles. The fourth-order valence-corrected chi connectivity index (χ4v) is 2.64. The van der Waals surface area contributed by atoms with Gasteiger partial charge in [-0.3, -0.25) is 9.80 Å². The molecule has 0 saturated carbocycles. The second-order valence-electron chi connectivity index (χ2n) is 4.18. The molecule has 0 aromatic rings. The molecule has 2 atom stereocenters. The minimum absolute atomic E-state index is 0.140. The highest BCUT2D eigenvalue weighted by molar-refractivity contribution is 4.99. The summed E-state index contributed by atoms with van der Waals surface area (Å²) in [7, 11) is 0. The first-order valence-electron chi connectivity index (χ1n) is 5.04. The van der Waals surface area contributed by atoms with Gasteiger partial charge in [0.1, 0.15) is 0 Å². The van der Waals surface area contributed by atoms with Crippen molar-refractivity contribution in [3.05, 3.63) is 0 Å². The Morgan fingerprint density at radius 2 is 1.71 bits per heavy atom. The van der Waals surface area contributed by atoms with Crippen molar-refractivity contribution in [1.82, 2.24) is 9.80 Å². The van der Waals surface area contributed by atoms with Crippen LogP contribution in [0, 0.1) is 0 Å². The van der Waals surface area contributed by atoms with Crippen LogP contribution in [-0.4, -0.2) is 54.2 Å². The maximum Gasteiger partial charge on any atom is 0.401 e. The van der Waals surface area contributed by atoms with Crippen LogP contribution in [0.2, 0.25) is 0 Å². The van der Waals surface area contributed by atoms with Crippen molar-refractivity contribution in [2.45, 2.75) is 31.6 Å². The molecule has 0 aliphatic carbocycles. The normalized spacial score (nSPS) is 34.3. The molecule has 2 nitrogen and oxygen atoms in total. The van der Waals surface area contributed by atoms with E-state index in [9.17, 15) is 13.2 Å². The lowest BCUT2D eigenvalue weighted by Gasteiger charge is -2.33. The lowest BCUT2D eigenvalue weighted by atomic mass is 10.2. The highest BCUT2D eigenvalue weighted by Crippen LogP contribution is 2.32. The first kappa shape index (κ1) is 10.2. The first-order valence-corrected chi connectivity index (χ1v) is 5.04. The van der Waals surface area contributed by atoms with Crippen LogP contribution in [0.5, 0.6) is 0 Å². The zero-order valence-corrected chi connectivity index (χ0v) is 8.22. The van der Waals surface area contributed by atoms with Gasteiger partial charge in [0.25, 0.3) is 0 Å². The minimum atomic E-state index is -4.04. The van der Waals surface area contributed by atoms with Crippen LogP contribution < -0.4 is 0 Å². The molecular formula is C9H15F3N2. The van der Waals surface area contributed by atoms with E-state index in [0.717, 1.165) is 19.5 Å². The molecular weight excluding hydrogens is 193 g/mol. The van der Waals surface area contributed by atoms with E-state index in [2.05, 4.69) is 11.8 Å². The third-order valence-corrected chi connectivity index (χ3v) is 3.26. The molecule has 0 radical (unpaired) electrons. The minimum Gasteiger partial charge on any atom is -0.298 e. The largest absolute Gasteiger partial charge is 0.401 e. The molecule has 2 heterocycles. The summed E-state index contributed by atoms with van der Waals surface area (Å²) >= 11 is 0. The summed E-state index contributed by atoms with van der Waals surface area (Å²) in [5.74, 6) is 0. The number of piperazine rings is 1. The molecule has 2 unspecified atom stereocenters. The average molecular weight is 208 g/mol. The Morgan fingerprint density at radius 3 is 2.14 bits per heavy atom. The van der Waals surface area contributed by atoms with Crippen molar-refractivity contribution >= 4 is 0 Å². The molecule has 82 valence electrons. The zero-order valence-electron chi connectivity index (χ0n) is 8.22. The van der Waals surface area contributed by atoms with Gasteiger partial charge in [0.05, 0.1) is 6.54 Å². The van der Waals surface area contributed by atoms with Crippen LogP contribution in [0.4, 0.5) is 13.2 Å². The van der Waals surface area contributed by atoms with E-state index in [1.54, 1.807) is 4.90 Å². The van der Waals surface area contributed by atoms with Crippen LogP contribution in [0.25, 0.3) is 0 Å². The lowest BCUT2D eigenvalue weighted by molar-refractivity contribution is -0.150. The summed E-state index contributed by atoms with van der Waals surface area (Å²) in [6.07, 6.45) is -3.12. The van der Waals surface area contributed by atoms with Gasteiger partial charge in [-0.25, -0.2) is 0 Å². The average Bonchev–Trinajstić information content (AvgIpc) is 2.58. The summed E-state index contributed by atoms with van der Waals surface area (Å²) in [6.45, 7) is 3.71. The van der Waals surface area contributed by atoms with E-state index in [1.807, 2.05) is 0 Å². The second kappa shape index (κ2) is 3.38. The van der Waals surface area contributed by atoms with Crippen molar-refractivity contribution in [1.29, 1.82) is 0 Å². The SMILES string of the molecule is CCN1CC2CC1CN2CC(F)(F)F. The van der Waals surface area contributed by atoms with Crippen molar-refractivity contribution in [2.75, 3.05) is 26.2 Å².